The number of nitrogens with two attached hydrogens (primary N) is 2. The highest BCUT2D eigenvalue weighted by atomic mass is 32.2. The van der Waals surface area contributed by atoms with Gasteiger partial charge < -0.3 is 84.7 Å². The van der Waals surface area contributed by atoms with E-state index in [0.29, 0.717) is 36.8 Å². The number of likely N-dealkylation sites (tertiary alicyclic amines) is 1. The first-order valence-electron chi connectivity index (χ1n) is 24.8. The van der Waals surface area contributed by atoms with Gasteiger partial charge in [-0.2, -0.15) is 0 Å². The molecule has 0 radical (unpaired) electrons. The van der Waals surface area contributed by atoms with Crippen LogP contribution in [0.15, 0.2) is 29.3 Å². The Kier molecular flexibility index (Phi) is 28.7. The molecule has 32 heteroatoms. The number of imide groups is 1. The lowest BCUT2D eigenvalue weighted by Crippen LogP contribution is -2.69. The van der Waals surface area contributed by atoms with Crippen LogP contribution in [0.3, 0.4) is 0 Å². The van der Waals surface area contributed by atoms with Crippen LogP contribution in [-0.4, -0.2) is 187 Å². The Bertz CT molecular complexity index is 2370. The summed E-state index contributed by atoms with van der Waals surface area (Å²) >= 11 is 0.699. The predicted octanol–water partition coefficient (Wildman–Crippen LogP) is -4.73. The average molecular weight is 1140 g/mol. The quantitative estimate of drug-likeness (QED) is 0.00738. The van der Waals surface area contributed by atoms with Crippen LogP contribution in [0, 0.1) is 5.92 Å². The van der Waals surface area contributed by atoms with Crippen LogP contribution < -0.4 is 54.4 Å². The van der Waals surface area contributed by atoms with Crippen LogP contribution in [0.2, 0.25) is 0 Å². The predicted molar refractivity (Wildman–Crippen MR) is 276 cm³/mol. The Morgan fingerprint density at radius 2 is 1.30 bits per heavy atom. The fourth-order valence-corrected chi connectivity index (χ4v) is 8.57. The first-order chi connectivity index (χ1) is 37.1. The number of hydrogen-bond donors (Lipinski definition) is 15. The number of aliphatic hydroxyl groups excluding tert-OH is 1. The van der Waals surface area contributed by atoms with Crippen LogP contribution in [0.1, 0.15) is 90.5 Å². The summed E-state index contributed by atoms with van der Waals surface area (Å²) in [6, 6.07) is -3.98. The lowest BCUT2D eigenvalue weighted by atomic mass is 10.0. The fourth-order valence-electron chi connectivity index (χ4n) is 7.38. The topological polar surface area (TPSA) is 512 Å². The van der Waals surface area contributed by atoms with E-state index in [1.807, 2.05) is 5.32 Å². The zero-order valence-corrected chi connectivity index (χ0v) is 44.5. The van der Waals surface area contributed by atoms with E-state index in [4.69, 9.17) is 21.3 Å². The number of thioether (sulfide) groups is 1. The number of carboxylic acid groups (broad SMARTS) is 4. The van der Waals surface area contributed by atoms with Gasteiger partial charge in [0.2, 0.25) is 41.4 Å². The molecule has 1 aliphatic heterocycles. The largest absolute Gasteiger partial charge is 0.481 e. The second kappa shape index (κ2) is 33.9. The lowest BCUT2D eigenvalue weighted by Gasteiger charge is -2.27. The molecule has 0 spiro atoms. The molecule has 1 aromatic rings. The molecule has 0 saturated carbocycles. The van der Waals surface area contributed by atoms with Gasteiger partial charge in [-0.05, 0) is 56.2 Å². The van der Waals surface area contributed by atoms with Crippen LogP contribution >= 0.6 is 11.8 Å². The summed E-state index contributed by atoms with van der Waals surface area (Å²) in [4.78, 5) is 167. The minimum absolute atomic E-state index is 0.00919. The second-order valence-corrected chi connectivity index (χ2v) is 19.8. The summed E-state index contributed by atoms with van der Waals surface area (Å²) in [5.41, 5.74) is 15.3. The molecule has 2 rings (SSSR count). The summed E-state index contributed by atoms with van der Waals surface area (Å²) in [5, 5.41) is 64.4. The van der Waals surface area contributed by atoms with Crippen molar-refractivity contribution in [1.82, 2.24) is 36.8 Å². The number of benzene rings is 1. The number of nitrogens with one attached hydrogen (secondary N) is 7. The van der Waals surface area contributed by atoms with Crippen LogP contribution in [0.25, 0.3) is 0 Å². The minimum Gasteiger partial charge on any atom is -0.481 e. The first-order valence-corrected chi connectivity index (χ1v) is 25.8. The third-order valence-corrected chi connectivity index (χ3v) is 13.0. The number of carboxylic acids is 4. The molecule has 1 saturated heterocycles. The molecule has 438 valence electrons. The maximum absolute atomic E-state index is 13.5. The molecular formula is C47H71N12O19S+. The van der Waals surface area contributed by atoms with Gasteiger partial charge in [0.25, 0.3) is 12.4 Å². The minimum atomic E-state index is -2.08. The fraction of sp³-hybridized carbons (Fsp3) is 0.574. The highest BCUT2D eigenvalue weighted by molar-refractivity contribution is 8.00. The van der Waals surface area contributed by atoms with Crippen molar-refractivity contribution < 1.29 is 98.3 Å². The third kappa shape index (κ3) is 24.8. The SMILES string of the molecule is CC(C)[C@H](NC(=O)CCCCCN1C(=O)CC(SC[C@H](NC(=O)[C@H](CC(=O)O)NC(=O)[C@H](CC(=O)O)NC(=O)[C@H](CCCN=C(N)N)NC(=O)[C@@H]([NH3+])CC(=O)O)C(=O)O)C1=O)C(=O)N[C@@H](C)C(O)Nc1ccc(COC=O)cc1. The zero-order chi connectivity index (χ0) is 59.5. The van der Waals surface area contributed by atoms with Gasteiger partial charge >= 0.3 is 23.9 Å². The number of unbranched alkanes of at least 4 members (excludes halogenated alkanes) is 2. The Morgan fingerprint density at radius 3 is 1.84 bits per heavy atom. The standard InChI is InChI=1S/C47H70N12O19S/c1-23(2)38(44(74)52-24(3)39(69)53-26-12-10-25(11-13-26)20-78-22-60)58-33(61)9-5-4-6-15-59-34(62)19-32(45(59)75)79-21-31(46(76)77)57-43(73)30(18-37(67)68)56-42(72)29(17-36(65)66)55-41(71)28(8-7-14-51-47(49)50)54-40(70)27(48)16-35(63)64/h10-13,22-24,27-32,38-39,53,69H,4-9,14-21,48H2,1-3H3,(H,52,74)(H,54,70)(H,55,71)(H,56,72)(H,57,73)(H,58,61)(H,63,64)(H,65,66)(H,67,68)(H,76,77)(H4,49,50,51)/p+1/t24-,27-,28-,29-,30-,31-,32?,38-,39?/m0/s1. The molecule has 79 heavy (non-hydrogen) atoms. The first kappa shape index (κ1) is 67.0. The van der Waals surface area contributed by atoms with Gasteiger partial charge in [0.1, 0.15) is 49.5 Å². The van der Waals surface area contributed by atoms with Crippen LogP contribution in [-0.2, 0) is 73.7 Å². The number of ether oxygens (including phenoxy) is 1. The molecule has 1 aromatic carbocycles. The van der Waals surface area contributed by atoms with Crippen molar-refractivity contribution >= 4 is 101 Å². The number of anilines is 1. The normalized spacial score (nSPS) is 16.0. The van der Waals surface area contributed by atoms with Gasteiger partial charge in [0.05, 0.1) is 24.1 Å². The van der Waals surface area contributed by atoms with Gasteiger partial charge in [-0.3, -0.25) is 67.4 Å². The number of rotatable bonds is 38. The number of quaternary nitrogens is 1. The van der Waals surface area contributed by atoms with Gasteiger partial charge in [-0.15, -0.1) is 11.8 Å². The number of aliphatic carboxylic acids is 4. The van der Waals surface area contributed by atoms with Gasteiger partial charge in [-0.25, -0.2) is 4.79 Å². The maximum atomic E-state index is 13.5. The molecule has 1 aliphatic rings. The van der Waals surface area contributed by atoms with Gasteiger partial charge in [0.15, 0.2) is 12.0 Å². The van der Waals surface area contributed by atoms with E-state index in [0.717, 1.165) is 10.5 Å². The molecular weight excluding hydrogens is 1070 g/mol. The summed E-state index contributed by atoms with van der Waals surface area (Å²) < 4.78 is 4.71. The van der Waals surface area contributed by atoms with E-state index in [1.165, 1.54) is 0 Å². The van der Waals surface area contributed by atoms with Crippen molar-refractivity contribution in [2.75, 3.05) is 24.2 Å². The van der Waals surface area contributed by atoms with E-state index in [9.17, 15) is 82.8 Å². The van der Waals surface area contributed by atoms with Crippen molar-refractivity contribution in [3.05, 3.63) is 29.8 Å². The number of amides is 8. The van der Waals surface area contributed by atoms with Crippen molar-refractivity contribution in [3.8, 4) is 0 Å². The molecule has 19 N–H and O–H groups in total. The highest BCUT2D eigenvalue weighted by Gasteiger charge is 2.40. The van der Waals surface area contributed by atoms with Gasteiger partial charge in [-0.1, -0.05) is 32.4 Å². The molecule has 8 amide bonds. The van der Waals surface area contributed by atoms with Crippen molar-refractivity contribution in [2.45, 2.75) is 145 Å². The van der Waals surface area contributed by atoms with Crippen LogP contribution in [0.4, 0.5) is 5.69 Å². The average Bonchev–Trinajstić information content (AvgIpc) is 3.63. The lowest BCUT2D eigenvalue weighted by molar-refractivity contribution is -0.403. The second-order valence-electron chi connectivity index (χ2n) is 18.5. The van der Waals surface area contributed by atoms with E-state index in [-0.39, 0.29) is 63.7 Å². The molecule has 9 atom stereocenters. The number of nitrogens with zero attached hydrogens (tertiary/aromatic N) is 2. The zero-order valence-electron chi connectivity index (χ0n) is 43.7. The Morgan fingerprint density at radius 1 is 0.747 bits per heavy atom. The van der Waals surface area contributed by atoms with Gasteiger partial charge in [0, 0.05) is 37.4 Å². The van der Waals surface area contributed by atoms with E-state index >= 15 is 0 Å². The Balaban J connectivity index is 1.99. The monoisotopic (exact) mass is 1140 g/mol. The maximum Gasteiger partial charge on any atom is 0.327 e. The van der Waals surface area contributed by atoms with Crippen molar-refractivity contribution in [2.24, 2.45) is 22.4 Å². The smallest absolute Gasteiger partial charge is 0.327 e. The number of guanidine groups is 1. The van der Waals surface area contributed by atoms with E-state index in [2.05, 4.69) is 42.6 Å². The van der Waals surface area contributed by atoms with E-state index < -0.39 is 150 Å². The molecule has 1 heterocycles. The number of hydrogen-bond acceptors (Lipinski definition) is 18. The summed E-state index contributed by atoms with van der Waals surface area (Å²) in [6.45, 7) is 5.32. The highest BCUT2D eigenvalue weighted by Crippen LogP contribution is 2.26. The molecule has 0 aliphatic carbocycles. The molecule has 0 aromatic heterocycles. The van der Waals surface area contributed by atoms with Crippen LogP contribution in [0.5, 0.6) is 0 Å². The summed E-state index contributed by atoms with van der Waals surface area (Å²) in [7, 11) is 0. The molecule has 1 fully saturated rings. The van der Waals surface area contributed by atoms with Crippen molar-refractivity contribution in [1.29, 1.82) is 0 Å². The summed E-state index contributed by atoms with van der Waals surface area (Å²) in [6.07, 6.45) is -3.90. The number of carbonyl (C=O) groups excluding carboxylic acids is 9. The van der Waals surface area contributed by atoms with E-state index in [1.54, 1.807) is 45.0 Å². The summed E-state index contributed by atoms with van der Waals surface area (Å²) in [5.74, 6) is -14.8. The van der Waals surface area contributed by atoms with Crippen molar-refractivity contribution in [3.63, 3.8) is 0 Å². The number of aliphatic hydroxyl groups is 1. The third-order valence-electron chi connectivity index (χ3n) is 11.7. The molecule has 2 unspecified atom stereocenters. The Hall–Kier alpha value is -8.13. The Labute approximate surface area is 456 Å². The number of carbonyl (C=O) groups is 13. The molecule has 31 nitrogen and oxygen atoms in total. The molecule has 0 bridgehead atoms. The number of aliphatic imine (C=N–C) groups is 1.